The van der Waals surface area contributed by atoms with E-state index in [1.165, 1.54) is 19.3 Å². The van der Waals surface area contributed by atoms with E-state index in [4.69, 9.17) is 4.74 Å². The summed E-state index contributed by atoms with van der Waals surface area (Å²) in [6.45, 7) is 8.97. The second-order valence-corrected chi connectivity index (χ2v) is 11.5. The summed E-state index contributed by atoms with van der Waals surface area (Å²) in [7, 11) is 1.86. The molecule has 4 aliphatic rings. The van der Waals surface area contributed by atoms with Crippen LogP contribution in [0.3, 0.4) is 0 Å². The maximum atomic E-state index is 11.5. The Labute approximate surface area is 161 Å². The predicted octanol–water partition coefficient (Wildman–Crippen LogP) is 4.00. The number of ether oxygens (including phenoxy) is 1. The van der Waals surface area contributed by atoms with Gasteiger partial charge in [0.1, 0.15) is 0 Å². The van der Waals surface area contributed by atoms with E-state index in [0.717, 1.165) is 12.3 Å². The van der Waals surface area contributed by atoms with Crippen LogP contribution in [-0.4, -0.2) is 40.0 Å². The molecule has 4 fully saturated rings. The van der Waals surface area contributed by atoms with Gasteiger partial charge in [-0.2, -0.15) is 0 Å². The molecule has 1 unspecified atom stereocenters. The molecule has 0 aromatic rings. The largest absolute Gasteiger partial charge is 0.390 e. The fourth-order valence-corrected chi connectivity index (χ4v) is 9.02. The minimum Gasteiger partial charge on any atom is -0.390 e. The van der Waals surface area contributed by atoms with Gasteiger partial charge in [0, 0.05) is 17.9 Å². The van der Waals surface area contributed by atoms with E-state index in [9.17, 15) is 10.2 Å². The van der Waals surface area contributed by atoms with Crippen molar-refractivity contribution in [3.05, 3.63) is 0 Å². The Morgan fingerprint density at radius 2 is 1.84 bits per heavy atom. The molecule has 0 aromatic carbocycles. The molecule has 2 bridgehead atoms. The topological polar surface area (TPSA) is 49.7 Å². The van der Waals surface area contributed by atoms with Gasteiger partial charge in [-0.05, 0) is 73.5 Å². The van der Waals surface area contributed by atoms with Crippen LogP contribution in [0.2, 0.25) is 0 Å². The van der Waals surface area contributed by atoms with Crippen LogP contribution >= 0.6 is 15.9 Å². The average molecular weight is 415 g/mol. The molecule has 4 rings (SSSR count). The van der Waals surface area contributed by atoms with Crippen molar-refractivity contribution >= 4 is 15.9 Å². The molecule has 144 valence electrons. The van der Waals surface area contributed by atoms with Crippen molar-refractivity contribution in [1.29, 1.82) is 0 Å². The molecule has 0 aromatic heterocycles. The van der Waals surface area contributed by atoms with Gasteiger partial charge < -0.3 is 14.9 Å². The molecule has 1 spiro atoms. The van der Waals surface area contributed by atoms with Crippen molar-refractivity contribution in [1.82, 2.24) is 0 Å². The van der Waals surface area contributed by atoms with E-state index in [-0.39, 0.29) is 27.7 Å². The quantitative estimate of drug-likeness (QED) is 0.671. The summed E-state index contributed by atoms with van der Waals surface area (Å²) in [6.07, 6.45) is 5.12. The number of methoxy groups -OCH3 is 1. The fraction of sp³-hybridized carbons (Fsp3) is 1.00. The SMILES string of the molecule is CO[C@H]1[C@H]2CC(C(C)C)[C@]3(CC[C@@]4(C)[C@H]([C@H]13)[C@](C)(O)[C@@H](O)C[C@@H]4Br)C2. The molecule has 0 aliphatic heterocycles. The molecule has 0 radical (unpaired) electrons. The van der Waals surface area contributed by atoms with Crippen LogP contribution in [0.1, 0.15) is 59.8 Å². The van der Waals surface area contributed by atoms with Crippen LogP contribution in [0.25, 0.3) is 0 Å². The summed E-state index contributed by atoms with van der Waals surface area (Å²) in [5.41, 5.74) is -0.737. The normalized spacial score (nSPS) is 60.6. The summed E-state index contributed by atoms with van der Waals surface area (Å²) < 4.78 is 6.09. The monoisotopic (exact) mass is 414 g/mol. The van der Waals surface area contributed by atoms with Crippen molar-refractivity contribution in [3.8, 4) is 0 Å². The number of alkyl halides is 1. The Balaban J connectivity index is 1.84. The Morgan fingerprint density at radius 1 is 1.16 bits per heavy atom. The predicted molar refractivity (Wildman–Crippen MR) is 103 cm³/mol. The highest BCUT2D eigenvalue weighted by Gasteiger charge is 2.73. The third-order valence-electron chi connectivity index (χ3n) is 9.15. The third-order valence-corrected chi connectivity index (χ3v) is 10.6. The highest BCUT2D eigenvalue weighted by atomic mass is 79.9. The standard InChI is InChI=1S/C21H35BrO3/c1-11(2)13-8-12-10-21(13)7-6-19(3)14(22)9-15(23)20(4,24)18(19)16(21)17(12)25-5/h11-18,23-24H,6-10H2,1-5H3/t12-,13?,14-,15-,16-,17-,18-,19+,20+,21-/m0/s1. The molecular formula is C21H35BrO3. The second kappa shape index (κ2) is 5.68. The van der Waals surface area contributed by atoms with E-state index < -0.39 is 11.7 Å². The number of aliphatic hydroxyl groups excluding tert-OH is 1. The van der Waals surface area contributed by atoms with Crippen LogP contribution in [0.15, 0.2) is 0 Å². The number of halogens is 1. The van der Waals surface area contributed by atoms with Gasteiger partial charge in [-0.15, -0.1) is 0 Å². The number of aliphatic hydroxyl groups is 2. The number of hydrogen-bond donors (Lipinski definition) is 2. The molecule has 3 nitrogen and oxygen atoms in total. The van der Waals surface area contributed by atoms with Gasteiger partial charge in [0.25, 0.3) is 0 Å². The first-order chi connectivity index (χ1) is 11.6. The Kier molecular flexibility index (Phi) is 4.25. The van der Waals surface area contributed by atoms with Crippen LogP contribution in [-0.2, 0) is 4.74 Å². The van der Waals surface area contributed by atoms with Crippen molar-refractivity contribution < 1.29 is 14.9 Å². The Hall–Kier alpha value is 0.360. The number of hydrogen-bond acceptors (Lipinski definition) is 3. The van der Waals surface area contributed by atoms with Crippen molar-refractivity contribution in [3.63, 3.8) is 0 Å². The lowest BCUT2D eigenvalue weighted by Gasteiger charge is -2.65. The summed E-state index contributed by atoms with van der Waals surface area (Å²) in [6, 6.07) is 0. The zero-order valence-electron chi connectivity index (χ0n) is 16.3. The molecule has 10 atom stereocenters. The maximum Gasteiger partial charge on any atom is 0.0915 e. The second-order valence-electron chi connectivity index (χ2n) is 10.4. The third kappa shape index (κ3) is 2.20. The molecule has 4 heteroatoms. The van der Waals surface area contributed by atoms with E-state index in [1.807, 2.05) is 14.0 Å². The van der Waals surface area contributed by atoms with E-state index >= 15 is 0 Å². The fourth-order valence-electron chi connectivity index (χ4n) is 8.15. The summed E-state index contributed by atoms with van der Waals surface area (Å²) >= 11 is 3.90. The van der Waals surface area contributed by atoms with Crippen LogP contribution in [0.4, 0.5) is 0 Å². The number of fused-ring (bicyclic) bond motifs is 3. The number of rotatable bonds is 2. The minimum absolute atomic E-state index is 0.0153. The average Bonchev–Trinajstić information content (AvgIpc) is 3.05. The van der Waals surface area contributed by atoms with Gasteiger partial charge in [0.05, 0.1) is 17.8 Å². The first-order valence-corrected chi connectivity index (χ1v) is 11.1. The lowest BCUT2D eigenvalue weighted by atomic mass is 9.42. The first kappa shape index (κ1) is 18.7. The molecular weight excluding hydrogens is 380 g/mol. The Morgan fingerprint density at radius 3 is 2.44 bits per heavy atom. The molecule has 25 heavy (non-hydrogen) atoms. The molecule has 4 saturated carbocycles. The van der Waals surface area contributed by atoms with Crippen molar-refractivity contribution in [2.75, 3.05) is 7.11 Å². The molecule has 0 saturated heterocycles. The van der Waals surface area contributed by atoms with Crippen LogP contribution in [0, 0.1) is 40.4 Å². The highest BCUT2D eigenvalue weighted by Crippen LogP contribution is 2.74. The Bertz CT molecular complexity index is 549. The van der Waals surface area contributed by atoms with Gasteiger partial charge in [0.2, 0.25) is 0 Å². The first-order valence-electron chi connectivity index (χ1n) is 10.2. The zero-order valence-corrected chi connectivity index (χ0v) is 17.9. The molecule has 0 heterocycles. The minimum atomic E-state index is -1.04. The van der Waals surface area contributed by atoms with E-state index in [1.54, 1.807) is 0 Å². The van der Waals surface area contributed by atoms with Crippen LogP contribution < -0.4 is 0 Å². The zero-order chi connectivity index (χ0) is 18.4. The lowest BCUT2D eigenvalue weighted by molar-refractivity contribution is -0.239. The van der Waals surface area contributed by atoms with Gasteiger partial charge in [-0.1, -0.05) is 36.7 Å². The lowest BCUT2D eigenvalue weighted by Crippen LogP contribution is -2.68. The maximum absolute atomic E-state index is 11.5. The van der Waals surface area contributed by atoms with Gasteiger partial charge in [-0.3, -0.25) is 0 Å². The van der Waals surface area contributed by atoms with Crippen molar-refractivity contribution in [2.24, 2.45) is 40.4 Å². The van der Waals surface area contributed by atoms with Crippen molar-refractivity contribution in [2.45, 2.75) is 82.4 Å². The van der Waals surface area contributed by atoms with E-state index in [0.29, 0.717) is 24.2 Å². The van der Waals surface area contributed by atoms with Gasteiger partial charge in [0.15, 0.2) is 0 Å². The summed E-state index contributed by atoms with van der Waals surface area (Å²) in [4.78, 5) is 0.256. The van der Waals surface area contributed by atoms with Gasteiger partial charge >= 0.3 is 0 Å². The van der Waals surface area contributed by atoms with E-state index in [2.05, 4.69) is 36.7 Å². The summed E-state index contributed by atoms with van der Waals surface area (Å²) in [5, 5.41) is 22.3. The van der Waals surface area contributed by atoms with Crippen LogP contribution in [0.5, 0.6) is 0 Å². The molecule has 0 amide bonds. The summed E-state index contributed by atoms with van der Waals surface area (Å²) in [5.74, 6) is 2.45. The smallest absolute Gasteiger partial charge is 0.0915 e. The molecule has 2 N–H and O–H groups in total. The van der Waals surface area contributed by atoms with Gasteiger partial charge in [-0.25, -0.2) is 0 Å². The highest BCUT2D eigenvalue weighted by molar-refractivity contribution is 9.09. The molecule has 4 aliphatic carbocycles.